The van der Waals surface area contributed by atoms with Crippen molar-refractivity contribution in [2.75, 3.05) is 17.2 Å². The Morgan fingerprint density at radius 2 is 1.89 bits per heavy atom. The van der Waals surface area contributed by atoms with Gasteiger partial charge in [-0.25, -0.2) is 4.79 Å². The summed E-state index contributed by atoms with van der Waals surface area (Å²) in [5.74, 6) is 0.198. The first-order valence-corrected chi connectivity index (χ1v) is 10.1. The van der Waals surface area contributed by atoms with Crippen LogP contribution in [0.25, 0.3) is 0 Å². The Hall–Kier alpha value is -2.53. The van der Waals surface area contributed by atoms with E-state index in [2.05, 4.69) is 10.6 Å². The van der Waals surface area contributed by atoms with Crippen LogP contribution < -0.4 is 10.6 Å². The fraction of sp³-hybridized carbons (Fsp3) is 0.364. The summed E-state index contributed by atoms with van der Waals surface area (Å²) in [4.78, 5) is 26.9. The van der Waals surface area contributed by atoms with Crippen LogP contribution in [0.4, 0.5) is 16.2 Å². The largest absolute Gasteiger partial charge is 0.326 e. The third kappa shape index (κ3) is 4.14. The predicted molar refractivity (Wildman–Crippen MR) is 112 cm³/mol. The van der Waals surface area contributed by atoms with Gasteiger partial charge in [-0.3, -0.25) is 4.79 Å². The number of benzene rings is 2. The van der Waals surface area contributed by atoms with E-state index in [1.54, 1.807) is 0 Å². The zero-order valence-electron chi connectivity index (χ0n) is 15.9. The molecule has 1 unspecified atom stereocenters. The topological polar surface area (TPSA) is 61.4 Å². The van der Waals surface area contributed by atoms with Gasteiger partial charge in [0.1, 0.15) is 0 Å². The van der Waals surface area contributed by atoms with E-state index < -0.39 is 0 Å². The van der Waals surface area contributed by atoms with Crippen LogP contribution in [0.15, 0.2) is 42.5 Å². The summed E-state index contributed by atoms with van der Waals surface area (Å²) in [5.41, 5.74) is 3.44. The zero-order chi connectivity index (χ0) is 19.7. The second-order valence-corrected chi connectivity index (χ2v) is 8.07. The molecule has 0 radical (unpaired) electrons. The second-order valence-electron chi connectivity index (χ2n) is 7.63. The number of urea groups is 1. The molecule has 3 amide bonds. The lowest BCUT2D eigenvalue weighted by Gasteiger charge is -2.26. The van der Waals surface area contributed by atoms with Crippen LogP contribution in [0.2, 0.25) is 5.02 Å². The van der Waals surface area contributed by atoms with Gasteiger partial charge in [0.25, 0.3) is 0 Å². The first kappa shape index (κ1) is 18.8. The average Bonchev–Trinajstić information content (AvgIpc) is 3.41. The third-order valence-corrected chi connectivity index (χ3v) is 5.68. The molecule has 1 aliphatic heterocycles. The molecule has 2 N–H and O–H groups in total. The number of likely N-dealkylation sites (tertiary alicyclic amines) is 1. The van der Waals surface area contributed by atoms with E-state index in [-0.39, 0.29) is 23.9 Å². The maximum absolute atomic E-state index is 13.0. The van der Waals surface area contributed by atoms with Crippen LogP contribution in [0.5, 0.6) is 0 Å². The number of halogens is 1. The van der Waals surface area contributed by atoms with Gasteiger partial charge in [-0.1, -0.05) is 29.8 Å². The van der Waals surface area contributed by atoms with Crippen molar-refractivity contribution in [3.63, 3.8) is 0 Å². The van der Waals surface area contributed by atoms with E-state index in [1.165, 1.54) is 0 Å². The molecule has 1 aliphatic carbocycles. The Balaban J connectivity index is 1.48. The van der Waals surface area contributed by atoms with Crippen molar-refractivity contribution in [3.05, 3.63) is 58.6 Å². The number of amides is 3. The predicted octanol–water partition coefficient (Wildman–Crippen LogP) is 5.37. The Kier molecular flexibility index (Phi) is 5.27. The minimum atomic E-state index is -0.128. The lowest BCUT2D eigenvalue weighted by atomic mass is 10.0. The number of carbonyl (C=O) groups is 2. The van der Waals surface area contributed by atoms with Crippen LogP contribution in [-0.2, 0) is 4.79 Å². The van der Waals surface area contributed by atoms with Crippen LogP contribution in [0.3, 0.4) is 0 Å². The van der Waals surface area contributed by atoms with Gasteiger partial charge >= 0.3 is 6.03 Å². The molecular weight excluding hydrogens is 374 g/mol. The Bertz CT molecular complexity index is 910. The molecule has 0 spiro atoms. The fourth-order valence-corrected chi connectivity index (χ4v) is 3.88. The Morgan fingerprint density at radius 1 is 1.07 bits per heavy atom. The molecule has 1 saturated heterocycles. The summed E-state index contributed by atoms with van der Waals surface area (Å²) < 4.78 is 0. The molecule has 0 aromatic heterocycles. The summed E-state index contributed by atoms with van der Waals surface area (Å²) in [6.45, 7) is 2.65. The molecule has 1 atom stereocenters. The molecule has 28 heavy (non-hydrogen) atoms. The van der Waals surface area contributed by atoms with Crippen molar-refractivity contribution in [3.8, 4) is 0 Å². The van der Waals surface area contributed by atoms with Gasteiger partial charge in [-0.05, 0) is 68.0 Å². The van der Waals surface area contributed by atoms with Gasteiger partial charge in [0.15, 0.2) is 0 Å². The molecular formula is C22H24ClN3O2. The lowest BCUT2D eigenvalue weighted by molar-refractivity contribution is -0.117. The van der Waals surface area contributed by atoms with Crippen molar-refractivity contribution in [1.82, 2.24) is 4.90 Å². The molecule has 2 aromatic carbocycles. The molecule has 4 rings (SSSR count). The molecule has 2 aromatic rings. The quantitative estimate of drug-likeness (QED) is 0.728. The van der Waals surface area contributed by atoms with Gasteiger partial charge in [0.05, 0.1) is 6.04 Å². The minimum absolute atomic E-state index is 0.0248. The summed E-state index contributed by atoms with van der Waals surface area (Å²) in [7, 11) is 0. The molecule has 1 heterocycles. The highest BCUT2D eigenvalue weighted by Gasteiger charge is 2.31. The van der Waals surface area contributed by atoms with Crippen LogP contribution in [-0.4, -0.2) is 23.4 Å². The monoisotopic (exact) mass is 397 g/mol. The molecule has 146 valence electrons. The summed E-state index contributed by atoms with van der Waals surface area (Å²) in [6.07, 6.45) is 3.80. The number of aryl methyl sites for hydroxylation is 1. The smallest absolute Gasteiger partial charge is 0.322 e. The zero-order valence-corrected chi connectivity index (χ0v) is 16.6. The third-order valence-electron chi connectivity index (χ3n) is 5.44. The maximum Gasteiger partial charge on any atom is 0.322 e. The van der Waals surface area contributed by atoms with E-state index >= 15 is 0 Å². The molecule has 2 fully saturated rings. The second kappa shape index (κ2) is 7.84. The molecule has 6 heteroatoms. The summed E-state index contributed by atoms with van der Waals surface area (Å²) in [6, 6.07) is 13.2. The highest BCUT2D eigenvalue weighted by Crippen LogP contribution is 2.34. The van der Waals surface area contributed by atoms with Crippen molar-refractivity contribution < 1.29 is 9.59 Å². The van der Waals surface area contributed by atoms with Gasteiger partial charge in [-0.2, -0.15) is 0 Å². The Labute approximate surface area is 170 Å². The first-order chi connectivity index (χ1) is 13.5. The van der Waals surface area contributed by atoms with Crippen molar-refractivity contribution in [2.45, 2.75) is 38.6 Å². The summed E-state index contributed by atoms with van der Waals surface area (Å²) >= 11 is 6.13. The highest BCUT2D eigenvalue weighted by atomic mass is 35.5. The average molecular weight is 398 g/mol. The number of anilines is 2. The lowest BCUT2D eigenvalue weighted by Crippen LogP contribution is -2.34. The van der Waals surface area contributed by atoms with Crippen LogP contribution in [0, 0.1) is 12.8 Å². The molecule has 5 nitrogen and oxygen atoms in total. The van der Waals surface area contributed by atoms with E-state index in [1.807, 2.05) is 54.3 Å². The first-order valence-electron chi connectivity index (χ1n) is 9.76. The standard InChI is InChI=1S/C22H24ClN3O2/c1-14-7-10-18(24-21(27)15-8-9-15)13-19(14)25-22(28)26-11-3-6-20(26)16-4-2-5-17(23)12-16/h2,4-5,7,10,12-13,15,20H,3,6,8-9,11H2,1H3,(H,24,27)(H,25,28). The van der Waals surface area contributed by atoms with Gasteiger partial charge in [0.2, 0.25) is 5.91 Å². The molecule has 1 saturated carbocycles. The maximum atomic E-state index is 13.0. The number of carbonyl (C=O) groups excluding carboxylic acids is 2. The van der Waals surface area contributed by atoms with E-state index in [0.29, 0.717) is 17.3 Å². The van der Waals surface area contributed by atoms with Crippen molar-refractivity contribution in [1.29, 1.82) is 0 Å². The number of rotatable bonds is 4. The molecule has 0 bridgehead atoms. The van der Waals surface area contributed by atoms with Gasteiger partial charge < -0.3 is 15.5 Å². The number of nitrogens with one attached hydrogen (secondary N) is 2. The van der Waals surface area contributed by atoms with Crippen LogP contribution >= 0.6 is 11.6 Å². The number of hydrogen-bond donors (Lipinski definition) is 2. The number of nitrogens with zero attached hydrogens (tertiary/aromatic N) is 1. The van der Waals surface area contributed by atoms with E-state index in [0.717, 1.165) is 42.5 Å². The van der Waals surface area contributed by atoms with Gasteiger partial charge in [0, 0.05) is 28.9 Å². The fourth-order valence-electron chi connectivity index (χ4n) is 3.68. The van der Waals surface area contributed by atoms with Gasteiger partial charge in [-0.15, -0.1) is 0 Å². The number of hydrogen-bond acceptors (Lipinski definition) is 2. The van der Waals surface area contributed by atoms with E-state index in [4.69, 9.17) is 11.6 Å². The SMILES string of the molecule is Cc1ccc(NC(=O)C2CC2)cc1NC(=O)N1CCCC1c1cccc(Cl)c1. The van der Waals surface area contributed by atoms with Crippen LogP contribution in [0.1, 0.15) is 42.9 Å². The molecule has 2 aliphatic rings. The van der Waals surface area contributed by atoms with Crippen molar-refractivity contribution in [2.24, 2.45) is 5.92 Å². The summed E-state index contributed by atoms with van der Waals surface area (Å²) in [5, 5.41) is 6.64. The van der Waals surface area contributed by atoms with Crippen molar-refractivity contribution >= 4 is 34.9 Å². The normalized spacial score (nSPS) is 18.8. The van der Waals surface area contributed by atoms with E-state index in [9.17, 15) is 9.59 Å². The minimum Gasteiger partial charge on any atom is -0.326 e. The highest BCUT2D eigenvalue weighted by molar-refractivity contribution is 6.30. The Morgan fingerprint density at radius 3 is 2.64 bits per heavy atom.